The Kier molecular flexibility index (Phi) is 6.22. The Hall–Kier alpha value is -3.66. The molecular weight excluding hydrogens is 426 g/mol. The number of thioether (sulfide) groups is 1. The van der Waals surface area contributed by atoms with Gasteiger partial charge in [-0.05, 0) is 23.8 Å². The number of para-hydroxylation sites is 1. The highest BCUT2D eigenvalue weighted by atomic mass is 32.2. The van der Waals surface area contributed by atoms with Gasteiger partial charge in [0.1, 0.15) is 5.82 Å². The molecule has 0 saturated heterocycles. The first-order valence-corrected chi connectivity index (χ1v) is 11.0. The van der Waals surface area contributed by atoms with Crippen LogP contribution in [0.1, 0.15) is 5.56 Å². The zero-order valence-corrected chi connectivity index (χ0v) is 18.7. The molecule has 0 radical (unpaired) electrons. The zero-order chi connectivity index (χ0) is 22.7. The number of carbonyl (C=O) groups excluding carboxylic acids is 1. The van der Waals surface area contributed by atoms with E-state index in [-0.39, 0.29) is 17.2 Å². The Bertz CT molecular complexity index is 1340. The molecular formula is C22H23N7O2S. The number of carbonyl (C=O) groups is 1. The number of amides is 1. The first-order chi connectivity index (χ1) is 15.5. The van der Waals surface area contributed by atoms with E-state index < -0.39 is 0 Å². The average Bonchev–Trinajstić information content (AvgIpc) is 3.23. The largest absolute Gasteiger partial charge is 0.363 e. The maximum absolute atomic E-state index is 12.8. The van der Waals surface area contributed by atoms with Crippen molar-refractivity contribution in [3.05, 3.63) is 71.2 Å². The lowest BCUT2D eigenvalue weighted by Crippen LogP contribution is -2.25. The van der Waals surface area contributed by atoms with Gasteiger partial charge in [-0.1, -0.05) is 36.0 Å². The lowest BCUT2D eigenvalue weighted by molar-refractivity contribution is -0.118. The van der Waals surface area contributed by atoms with E-state index in [1.165, 1.54) is 16.3 Å². The summed E-state index contributed by atoms with van der Waals surface area (Å²) in [6.45, 7) is 4.43. The molecule has 0 bridgehead atoms. The normalized spacial score (nSPS) is 11.1. The van der Waals surface area contributed by atoms with Crippen LogP contribution in [0.2, 0.25) is 0 Å². The highest BCUT2D eigenvalue weighted by Gasteiger charge is 2.17. The van der Waals surface area contributed by atoms with Crippen molar-refractivity contribution in [3.8, 4) is 0 Å². The number of aromatic nitrogens is 5. The van der Waals surface area contributed by atoms with Crippen LogP contribution < -0.4 is 15.8 Å². The van der Waals surface area contributed by atoms with Gasteiger partial charge in [-0.3, -0.25) is 18.6 Å². The molecule has 0 aliphatic heterocycles. The number of rotatable bonds is 8. The van der Waals surface area contributed by atoms with Crippen LogP contribution in [0.15, 0.2) is 65.2 Å². The molecule has 0 saturated carbocycles. The number of benzene rings is 1. The van der Waals surface area contributed by atoms with Gasteiger partial charge in [0.05, 0.1) is 16.7 Å². The summed E-state index contributed by atoms with van der Waals surface area (Å²) in [6, 6.07) is 11.1. The molecule has 0 spiro atoms. The fourth-order valence-corrected chi connectivity index (χ4v) is 4.06. The number of hydrogen-bond donors (Lipinski definition) is 1. The van der Waals surface area contributed by atoms with Gasteiger partial charge in [0.25, 0.3) is 5.56 Å². The number of pyridine rings is 1. The van der Waals surface area contributed by atoms with Crippen molar-refractivity contribution in [2.75, 3.05) is 24.7 Å². The van der Waals surface area contributed by atoms with Gasteiger partial charge in [-0.25, -0.2) is 4.98 Å². The Balaban J connectivity index is 1.51. The van der Waals surface area contributed by atoms with Crippen LogP contribution >= 0.6 is 11.8 Å². The smallest absolute Gasteiger partial charge is 0.263 e. The van der Waals surface area contributed by atoms with Crippen LogP contribution in [-0.4, -0.2) is 49.9 Å². The van der Waals surface area contributed by atoms with Crippen molar-refractivity contribution in [2.45, 2.75) is 18.2 Å². The quantitative estimate of drug-likeness (QED) is 0.325. The number of fused-ring (bicyclic) bond motifs is 3. The van der Waals surface area contributed by atoms with Gasteiger partial charge < -0.3 is 10.2 Å². The van der Waals surface area contributed by atoms with Gasteiger partial charge in [-0.2, -0.15) is 0 Å². The maximum Gasteiger partial charge on any atom is 0.263 e. The third-order valence-corrected chi connectivity index (χ3v) is 5.81. The lowest BCUT2D eigenvalue weighted by Gasteiger charge is -2.11. The Morgan fingerprint density at radius 3 is 2.75 bits per heavy atom. The molecule has 1 amide bonds. The topological polar surface area (TPSA) is 97.4 Å². The Morgan fingerprint density at radius 2 is 2.03 bits per heavy atom. The molecule has 0 aliphatic rings. The minimum Gasteiger partial charge on any atom is -0.363 e. The van der Waals surface area contributed by atoms with Crippen LogP contribution in [0.5, 0.6) is 0 Å². The van der Waals surface area contributed by atoms with Gasteiger partial charge in [0, 0.05) is 33.4 Å². The van der Waals surface area contributed by atoms with Crippen molar-refractivity contribution in [2.24, 2.45) is 0 Å². The predicted octanol–water partition coefficient (Wildman–Crippen LogP) is 2.10. The van der Waals surface area contributed by atoms with E-state index in [2.05, 4.69) is 27.1 Å². The molecule has 164 valence electrons. The summed E-state index contributed by atoms with van der Waals surface area (Å²) < 4.78 is 3.33. The van der Waals surface area contributed by atoms with E-state index in [0.717, 1.165) is 11.4 Å². The van der Waals surface area contributed by atoms with Crippen molar-refractivity contribution in [1.82, 2.24) is 29.5 Å². The average molecular weight is 450 g/mol. The van der Waals surface area contributed by atoms with E-state index in [4.69, 9.17) is 0 Å². The van der Waals surface area contributed by atoms with E-state index in [1.54, 1.807) is 18.3 Å². The molecule has 10 heteroatoms. The number of nitrogens with zero attached hydrogens (tertiary/aromatic N) is 6. The van der Waals surface area contributed by atoms with Gasteiger partial charge in [0.2, 0.25) is 11.7 Å². The summed E-state index contributed by atoms with van der Waals surface area (Å²) in [7, 11) is 3.85. The number of hydrogen-bond acceptors (Lipinski definition) is 7. The van der Waals surface area contributed by atoms with Crippen molar-refractivity contribution in [3.63, 3.8) is 0 Å². The van der Waals surface area contributed by atoms with E-state index in [9.17, 15) is 9.59 Å². The van der Waals surface area contributed by atoms with Gasteiger partial charge in [-0.15, -0.1) is 16.8 Å². The molecule has 0 aliphatic carbocycles. The fourth-order valence-electron chi connectivity index (χ4n) is 3.29. The van der Waals surface area contributed by atoms with Crippen molar-refractivity contribution in [1.29, 1.82) is 0 Å². The first kappa shape index (κ1) is 21.6. The summed E-state index contributed by atoms with van der Waals surface area (Å²) >= 11 is 1.27. The SMILES string of the molecule is C=CCn1c(=O)c2ccccc2n2c(SCC(=O)NCc3ccc(N(C)C)nc3)nnc12. The number of anilines is 1. The second-order valence-corrected chi connectivity index (χ2v) is 8.27. The highest BCUT2D eigenvalue weighted by Crippen LogP contribution is 2.21. The van der Waals surface area contributed by atoms with Crippen LogP contribution in [0, 0.1) is 0 Å². The predicted molar refractivity (Wildman–Crippen MR) is 126 cm³/mol. The van der Waals surface area contributed by atoms with Crippen molar-refractivity contribution >= 4 is 40.2 Å². The standard InChI is InChI=1S/C22H23N7O2S/c1-4-11-28-20(31)16-7-5-6-8-17(16)29-21(28)25-26-22(29)32-14-19(30)24-13-15-9-10-18(23-12-15)27(2)3/h4-10,12H,1,11,13-14H2,2-3H3,(H,24,30). The second-order valence-electron chi connectivity index (χ2n) is 7.32. The summed E-state index contributed by atoms with van der Waals surface area (Å²) in [4.78, 5) is 31.5. The van der Waals surface area contributed by atoms with Crippen LogP contribution in [0.4, 0.5) is 5.82 Å². The van der Waals surface area contributed by atoms with Crippen LogP contribution in [0.3, 0.4) is 0 Å². The lowest BCUT2D eigenvalue weighted by atomic mass is 10.2. The molecule has 9 nitrogen and oxygen atoms in total. The van der Waals surface area contributed by atoms with E-state index in [0.29, 0.717) is 34.9 Å². The summed E-state index contributed by atoms with van der Waals surface area (Å²) in [5.74, 6) is 1.31. The third-order valence-electron chi connectivity index (χ3n) is 4.88. The molecule has 3 aromatic heterocycles. The van der Waals surface area contributed by atoms with Crippen LogP contribution in [-0.2, 0) is 17.9 Å². The molecule has 0 fully saturated rings. The van der Waals surface area contributed by atoms with Gasteiger partial charge in [0.15, 0.2) is 5.16 Å². The summed E-state index contributed by atoms with van der Waals surface area (Å²) in [5, 5.41) is 12.4. The number of allylic oxidation sites excluding steroid dienone is 1. The highest BCUT2D eigenvalue weighted by molar-refractivity contribution is 7.99. The first-order valence-electron chi connectivity index (χ1n) is 9.99. The molecule has 0 unspecified atom stereocenters. The summed E-state index contributed by atoms with van der Waals surface area (Å²) in [5.41, 5.74) is 1.47. The molecule has 0 atom stereocenters. The summed E-state index contributed by atoms with van der Waals surface area (Å²) in [6.07, 6.45) is 3.39. The zero-order valence-electron chi connectivity index (χ0n) is 17.9. The van der Waals surface area contributed by atoms with Gasteiger partial charge >= 0.3 is 0 Å². The Morgan fingerprint density at radius 1 is 1.22 bits per heavy atom. The molecule has 4 rings (SSSR count). The van der Waals surface area contributed by atoms with E-state index in [1.807, 2.05) is 53.7 Å². The number of nitrogens with one attached hydrogen (secondary N) is 1. The monoisotopic (exact) mass is 449 g/mol. The van der Waals surface area contributed by atoms with Crippen LogP contribution in [0.25, 0.3) is 16.7 Å². The minimum absolute atomic E-state index is 0.132. The maximum atomic E-state index is 12.8. The Labute approximate surface area is 188 Å². The third kappa shape index (κ3) is 4.22. The van der Waals surface area contributed by atoms with E-state index >= 15 is 0 Å². The van der Waals surface area contributed by atoms with Crippen molar-refractivity contribution < 1.29 is 4.79 Å². The second kappa shape index (κ2) is 9.23. The molecule has 3 heterocycles. The molecule has 4 aromatic rings. The minimum atomic E-state index is -0.149. The molecule has 1 aromatic carbocycles. The molecule has 32 heavy (non-hydrogen) atoms. The fraction of sp³-hybridized carbons (Fsp3) is 0.227. The molecule has 1 N–H and O–H groups in total.